The van der Waals surface area contributed by atoms with Crippen molar-refractivity contribution in [3.05, 3.63) is 29.1 Å². The predicted molar refractivity (Wildman–Crippen MR) is 92.5 cm³/mol. The Balaban J connectivity index is 2.20. The molecule has 0 amide bonds. The number of aliphatic carboxylic acids is 1. The van der Waals surface area contributed by atoms with Crippen LogP contribution in [-0.2, 0) is 14.8 Å². The van der Waals surface area contributed by atoms with Crippen LogP contribution in [0.1, 0.15) is 30.4 Å². The van der Waals surface area contributed by atoms with Gasteiger partial charge in [0, 0.05) is 19.1 Å². The van der Waals surface area contributed by atoms with Crippen molar-refractivity contribution in [3.8, 4) is 0 Å². The van der Waals surface area contributed by atoms with E-state index in [0.717, 1.165) is 6.42 Å². The lowest BCUT2D eigenvalue weighted by Crippen LogP contribution is -2.37. The molecule has 1 unspecified atom stereocenters. The van der Waals surface area contributed by atoms with Crippen molar-refractivity contribution in [1.82, 2.24) is 9.21 Å². The fourth-order valence-corrected chi connectivity index (χ4v) is 5.41. The number of nitrogens with zero attached hydrogens (tertiary/aromatic N) is 2. The lowest BCUT2D eigenvalue weighted by Gasteiger charge is -2.26. The Bertz CT molecular complexity index is 728. The highest BCUT2D eigenvalue weighted by Gasteiger charge is 2.31. The van der Waals surface area contributed by atoms with Gasteiger partial charge in [-0.25, -0.2) is 12.8 Å². The van der Waals surface area contributed by atoms with E-state index in [1.165, 1.54) is 16.4 Å². The summed E-state index contributed by atoms with van der Waals surface area (Å²) < 4.78 is 41.0. The second kappa shape index (κ2) is 7.80. The van der Waals surface area contributed by atoms with Crippen LogP contribution in [0.5, 0.6) is 0 Å². The minimum atomic E-state index is -3.70. The van der Waals surface area contributed by atoms with Gasteiger partial charge in [0.05, 0.1) is 11.4 Å². The van der Waals surface area contributed by atoms with E-state index in [4.69, 9.17) is 5.11 Å². The van der Waals surface area contributed by atoms with Crippen molar-refractivity contribution in [1.29, 1.82) is 0 Å². The maximum atomic E-state index is 13.5. The van der Waals surface area contributed by atoms with Gasteiger partial charge in [-0.2, -0.15) is 4.31 Å². The van der Waals surface area contributed by atoms with Gasteiger partial charge in [0.25, 0.3) is 0 Å². The number of benzene rings is 1. The molecule has 6 nitrogen and oxygen atoms in total. The average molecular weight is 372 g/mol. The van der Waals surface area contributed by atoms with Crippen molar-refractivity contribution >= 4 is 16.0 Å². The molecule has 1 heterocycles. The van der Waals surface area contributed by atoms with Crippen LogP contribution in [-0.4, -0.2) is 61.4 Å². The number of aryl methyl sites for hydroxylation is 2. The number of carboxylic acid groups (broad SMARTS) is 1. The second-order valence-electron chi connectivity index (χ2n) is 6.67. The van der Waals surface area contributed by atoms with Crippen LogP contribution in [0.2, 0.25) is 0 Å². The molecule has 8 heteroatoms. The summed E-state index contributed by atoms with van der Waals surface area (Å²) in [6.45, 7) is 3.85. The van der Waals surface area contributed by atoms with Crippen molar-refractivity contribution in [2.24, 2.45) is 0 Å². The van der Waals surface area contributed by atoms with Gasteiger partial charge in [0.2, 0.25) is 10.0 Å². The first kappa shape index (κ1) is 19.8. The van der Waals surface area contributed by atoms with Gasteiger partial charge >= 0.3 is 5.97 Å². The van der Waals surface area contributed by atoms with Gasteiger partial charge in [0.1, 0.15) is 5.82 Å². The molecular weight excluding hydrogens is 347 g/mol. The predicted octanol–water partition coefficient (Wildman–Crippen LogP) is 2.00. The van der Waals surface area contributed by atoms with Gasteiger partial charge in [-0.15, -0.1) is 0 Å². The van der Waals surface area contributed by atoms with Crippen LogP contribution in [0.3, 0.4) is 0 Å². The standard InChI is InChI=1S/C17H25FN2O4S/c1-12-9-14(18)10-13(2)17(12)25(23,24)20-7-4-5-15(6-8-20)19(3)11-16(21)22/h9-10,15H,4-8,11H2,1-3H3,(H,21,22). The largest absolute Gasteiger partial charge is 0.480 e. The van der Waals surface area contributed by atoms with Crippen molar-refractivity contribution in [3.63, 3.8) is 0 Å². The monoisotopic (exact) mass is 372 g/mol. The molecule has 1 atom stereocenters. The van der Waals surface area contributed by atoms with Gasteiger partial charge in [0.15, 0.2) is 0 Å². The third kappa shape index (κ3) is 4.56. The molecular formula is C17H25FN2O4S. The molecule has 1 aliphatic rings. The molecule has 1 fully saturated rings. The van der Waals surface area contributed by atoms with E-state index in [-0.39, 0.29) is 17.5 Å². The van der Waals surface area contributed by atoms with Crippen LogP contribution < -0.4 is 0 Å². The first-order chi connectivity index (χ1) is 11.6. The smallest absolute Gasteiger partial charge is 0.317 e. The maximum Gasteiger partial charge on any atom is 0.317 e. The Hall–Kier alpha value is -1.51. The Labute approximate surface area is 148 Å². The number of likely N-dealkylation sites (N-methyl/N-ethyl adjacent to an activating group) is 1. The van der Waals surface area contributed by atoms with Crippen LogP contribution in [0.15, 0.2) is 17.0 Å². The van der Waals surface area contributed by atoms with E-state index in [0.29, 0.717) is 37.1 Å². The second-order valence-corrected chi connectivity index (χ2v) is 8.54. The Morgan fingerprint density at radius 2 is 1.88 bits per heavy atom. The zero-order valence-corrected chi connectivity index (χ0v) is 15.6. The molecule has 1 aromatic rings. The highest BCUT2D eigenvalue weighted by atomic mass is 32.2. The number of halogens is 1. The lowest BCUT2D eigenvalue weighted by molar-refractivity contribution is -0.138. The number of hydrogen-bond donors (Lipinski definition) is 1. The Morgan fingerprint density at radius 1 is 1.28 bits per heavy atom. The summed E-state index contributed by atoms with van der Waals surface area (Å²) in [6, 6.07) is 2.51. The molecule has 0 aromatic heterocycles. The SMILES string of the molecule is Cc1cc(F)cc(C)c1S(=O)(=O)N1CCCC(N(C)CC(=O)O)CC1. The molecule has 0 bridgehead atoms. The van der Waals surface area contributed by atoms with Crippen LogP contribution in [0.25, 0.3) is 0 Å². The highest BCUT2D eigenvalue weighted by molar-refractivity contribution is 7.89. The minimum absolute atomic E-state index is 0.0340. The van der Waals surface area contributed by atoms with E-state index in [1.807, 2.05) is 0 Å². The first-order valence-electron chi connectivity index (χ1n) is 8.32. The lowest BCUT2D eigenvalue weighted by atomic mass is 10.1. The van der Waals surface area contributed by atoms with Crippen molar-refractivity contribution in [2.75, 3.05) is 26.7 Å². The minimum Gasteiger partial charge on any atom is -0.480 e. The normalized spacial score (nSPS) is 19.8. The fraction of sp³-hybridized carbons (Fsp3) is 0.588. The Kier molecular flexibility index (Phi) is 6.18. The molecule has 140 valence electrons. The van der Waals surface area contributed by atoms with Gasteiger partial charge < -0.3 is 5.11 Å². The summed E-state index contributed by atoms with van der Waals surface area (Å²) in [6.07, 6.45) is 1.98. The summed E-state index contributed by atoms with van der Waals surface area (Å²) in [7, 11) is -1.96. The third-order valence-corrected chi connectivity index (χ3v) is 6.89. The van der Waals surface area contributed by atoms with E-state index in [1.54, 1.807) is 25.8 Å². The molecule has 1 aromatic carbocycles. The van der Waals surface area contributed by atoms with Crippen molar-refractivity contribution in [2.45, 2.75) is 44.0 Å². The number of rotatable bonds is 5. The molecule has 1 aliphatic heterocycles. The number of carbonyl (C=O) groups is 1. The molecule has 0 saturated carbocycles. The van der Waals surface area contributed by atoms with Crippen LogP contribution in [0.4, 0.5) is 4.39 Å². The first-order valence-corrected chi connectivity index (χ1v) is 9.76. The van der Waals surface area contributed by atoms with E-state index in [9.17, 15) is 17.6 Å². The molecule has 0 spiro atoms. The number of hydrogen-bond acceptors (Lipinski definition) is 4. The summed E-state index contributed by atoms with van der Waals surface area (Å²) in [5.41, 5.74) is 0.808. The van der Waals surface area contributed by atoms with E-state index < -0.39 is 21.8 Å². The quantitative estimate of drug-likeness (QED) is 0.855. The number of sulfonamides is 1. The van der Waals surface area contributed by atoms with Crippen LogP contribution >= 0.6 is 0 Å². The molecule has 1 N–H and O–H groups in total. The summed E-state index contributed by atoms with van der Waals surface area (Å²) in [4.78, 5) is 12.8. The molecule has 1 saturated heterocycles. The third-order valence-electron chi connectivity index (χ3n) is 4.69. The Morgan fingerprint density at radius 3 is 2.44 bits per heavy atom. The molecule has 25 heavy (non-hydrogen) atoms. The van der Waals surface area contributed by atoms with E-state index >= 15 is 0 Å². The average Bonchev–Trinajstić information content (AvgIpc) is 2.71. The van der Waals surface area contributed by atoms with Crippen molar-refractivity contribution < 1.29 is 22.7 Å². The van der Waals surface area contributed by atoms with E-state index in [2.05, 4.69) is 0 Å². The summed E-state index contributed by atoms with van der Waals surface area (Å²) in [5.74, 6) is -1.34. The zero-order chi connectivity index (χ0) is 18.8. The van der Waals surface area contributed by atoms with Crippen LogP contribution in [0, 0.1) is 19.7 Å². The molecule has 2 rings (SSSR count). The highest BCUT2D eigenvalue weighted by Crippen LogP contribution is 2.27. The summed E-state index contributed by atoms with van der Waals surface area (Å²) in [5, 5.41) is 8.92. The van der Waals surface area contributed by atoms with Gasteiger partial charge in [-0.1, -0.05) is 0 Å². The zero-order valence-electron chi connectivity index (χ0n) is 14.8. The molecule has 0 radical (unpaired) electrons. The number of carboxylic acids is 1. The molecule has 0 aliphatic carbocycles. The summed E-state index contributed by atoms with van der Waals surface area (Å²) >= 11 is 0. The fourth-order valence-electron chi connectivity index (χ4n) is 3.51. The van der Waals surface area contributed by atoms with Gasteiger partial charge in [-0.05, 0) is 63.4 Å². The van der Waals surface area contributed by atoms with Gasteiger partial charge in [-0.3, -0.25) is 9.69 Å². The topological polar surface area (TPSA) is 77.9 Å². The maximum absolute atomic E-state index is 13.5.